The fourth-order valence-electron chi connectivity index (χ4n) is 2.99. The van der Waals surface area contributed by atoms with Crippen molar-refractivity contribution in [1.29, 1.82) is 0 Å². The Bertz CT molecular complexity index is 776. The number of fused-ring (bicyclic) bond motifs is 1. The summed E-state index contributed by atoms with van der Waals surface area (Å²) in [6.45, 7) is 2.02. The molecular formula is C21H23NO3S. The van der Waals surface area contributed by atoms with Gasteiger partial charge in [0.1, 0.15) is 0 Å². The van der Waals surface area contributed by atoms with Crippen LogP contribution in [0.1, 0.15) is 30.0 Å². The molecule has 1 N–H and O–H groups in total. The highest BCUT2D eigenvalue weighted by Gasteiger charge is 2.18. The second-order valence-electron chi connectivity index (χ2n) is 6.41. The Morgan fingerprint density at radius 3 is 2.69 bits per heavy atom. The van der Waals surface area contributed by atoms with Crippen molar-refractivity contribution in [3.8, 4) is 0 Å². The van der Waals surface area contributed by atoms with Crippen LogP contribution in [-0.4, -0.2) is 23.7 Å². The first kappa shape index (κ1) is 18.5. The summed E-state index contributed by atoms with van der Waals surface area (Å²) in [5, 5.41) is 2.78. The zero-order valence-electron chi connectivity index (χ0n) is 14.9. The van der Waals surface area contributed by atoms with E-state index in [1.807, 2.05) is 30.3 Å². The smallest absolute Gasteiger partial charge is 0.317 e. The molecule has 3 rings (SSSR count). The standard InChI is InChI=1S/C21H23NO3S/c1-15(21(24)22-13-16-6-3-2-4-7-16)25-20(23)14-26-19-11-10-17-8-5-9-18(17)12-19/h2-4,6-7,10-12,15H,5,8-9,13-14H2,1H3,(H,22,24)/t15-/m1/s1. The number of hydrogen-bond acceptors (Lipinski definition) is 4. The fraction of sp³-hybridized carbons (Fsp3) is 0.333. The first-order chi connectivity index (χ1) is 12.6. The van der Waals surface area contributed by atoms with Gasteiger partial charge < -0.3 is 10.1 Å². The normalized spacial score (nSPS) is 13.7. The van der Waals surface area contributed by atoms with Gasteiger partial charge in [-0.25, -0.2) is 0 Å². The van der Waals surface area contributed by atoms with Crippen molar-refractivity contribution >= 4 is 23.6 Å². The maximum Gasteiger partial charge on any atom is 0.317 e. The summed E-state index contributed by atoms with van der Waals surface area (Å²) in [4.78, 5) is 25.1. The van der Waals surface area contributed by atoms with E-state index in [0.717, 1.165) is 23.3 Å². The van der Waals surface area contributed by atoms with E-state index in [-0.39, 0.29) is 17.6 Å². The summed E-state index contributed by atoms with van der Waals surface area (Å²) in [5.74, 6) is -0.461. The Kier molecular flexibility index (Phi) is 6.34. The fourth-order valence-corrected chi connectivity index (χ4v) is 3.74. The van der Waals surface area contributed by atoms with Crippen LogP contribution in [0.5, 0.6) is 0 Å². The highest BCUT2D eigenvalue weighted by molar-refractivity contribution is 8.00. The molecule has 136 valence electrons. The zero-order chi connectivity index (χ0) is 18.4. The molecule has 26 heavy (non-hydrogen) atoms. The van der Waals surface area contributed by atoms with E-state index in [9.17, 15) is 9.59 Å². The van der Waals surface area contributed by atoms with Gasteiger partial charge in [-0.2, -0.15) is 0 Å². The van der Waals surface area contributed by atoms with Gasteiger partial charge in [0.05, 0.1) is 5.75 Å². The molecule has 0 unspecified atom stereocenters. The van der Waals surface area contributed by atoms with Crippen molar-refractivity contribution in [3.63, 3.8) is 0 Å². The largest absolute Gasteiger partial charge is 0.452 e. The van der Waals surface area contributed by atoms with Gasteiger partial charge in [0.25, 0.3) is 5.91 Å². The van der Waals surface area contributed by atoms with E-state index >= 15 is 0 Å². The first-order valence-electron chi connectivity index (χ1n) is 8.87. The number of amides is 1. The lowest BCUT2D eigenvalue weighted by molar-refractivity contribution is -0.152. The van der Waals surface area contributed by atoms with Crippen molar-refractivity contribution in [2.24, 2.45) is 0 Å². The van der Waals surface area contributed by atoms with Crippen LogP contribution < -0.4 is 5.32 Å². The lowest BCUT2D eigenvalue weighted by Gasteiger charge is -2.13. The second kappa shape index (κ2) is 8.90. The maximum atomic E-state index is 12.1. The lowest BCUT2D eigenvalue weighted by Crippen LogP contribution is -2.35. The van der Waals surface area contributed by atoms with E-state index in [0.29, 0.717) is 6.54 Å². The minimum absolute atomic E-state index is 0.203. The molecule has 1 aliphatic carbocycles. The van der Waals surface area contributed by atoms with Crippen LogP contribution in [0.25, 0.3) is 0 Å². The van der Waals surface area contributed by atoms with Gasteiger partial charge in [-0.1, -0.05) is 36.4 Å². The molecule has 0 saturated heterocycles. The van der Waals surface area contributed by atoms with E-state index in [4.69, 9.17) is 4.74 Å². The minimum atomic E-state index is -0.799. The van der Waals surface area contributed by atoms with Gasteiger partial charge in [-0.15, -0.1) is 11.8 Å². The summed E-state index contributed by atoms with van der Waals surface area (Å²) in [5.41, 5.74) is 3.81. The molecule has 0 spiro atoms. The van der Waals surface area contributed by atoms with Crippen molar-refractivity contribution in [2.75, 3.05) is 5.75 Å². The number of aryl methyl sites for hydroxylation is 2. The Morgan fingerprint density at radius 2 is 1.88 bits per heavy atom. The summed E-state index contributed by atoms with van der Waals surface area (Å²) in [7, 11) is 0. The highest BCUT2D eigenvalue weighted by Crippen LogP contribution is 2.27. The van der Waals surface area contributed by atoms with Crippen LogP contribution in [0.3, 0.4) is 0 Å². The monoisotopic (exact) mass is 369 g/mol. The number of benzene rings is 2. The second-order valence-corrected chi connectivity index (χ2v) is 7.46. The summed E-state index contributed by atoms with van der Waals surface area (Å²) in [6, 6.07) is 16.0. The average Bonchev–Trinajstić information content (AvgIpc) is 3.13. The number of carbonyl (C=O) groups is 2. The molecule has 0 bridgehead atoms. The van der Waals surface area contributed by atoms with Gasteiger partial charge in [-0.05, 0) is 55.0 Å². The summed E-state index contributed by atoms with van der Waals surface area (Å²) < 4.78 is 5.24. The maximum absolute atomic E-state index is 12.1. The predicted octanol–water partition coefficient (Wildman–Crippen LogP) is 3.52. The van der Waals surface area contributed by atoms with Gasteiger partial charge in [0, 0.05) is 11.4 Å². The average molecular weight is 369 g/mol. The Morgan fingerprint density at radius 1 is 1.12 bits per heavy atom. The molecular weight excluding hydrogens is 346 g/mol. The number of thioether (sulfide) groups is 1. The molecule has 1 amide bonds. The Balaban J connectivity index is 1.41. The van der Waals surface area contributed by atoms with Crippen molar-refractivity contribution < 1.29 is 14.3 Å². The van der Waals surface area contributed by atoms with Crippen molar-refractivity contribution in [2.45, 2.75) is 43.7 Å². The van der Waals surface area contributed by atoms with Crippen LogP contribution in [-0.2, 0) is 33.7 Å². The number of nitrogens with one attached hydrogen (secondary N) is 1. The molecule has 0 fully saturated rings. The highest BCUT2D eigenvalue weighted by atomic mass is 32.2. The van der Waals surface area contributed by atoms with Crippen molar-refractivity contribution in [3.05, 3.63) is 65.2 Å². The van der Waals surface area contributed by atoms with Crippen LogP contribution >= 0.6 is 11.8 Å². The molecule has 1 atom stereocenters. The van der Waals surface area contributed by atoms with Gasteiger partial charge in [-0.3, -0.25) is 9.59 Å². The predicted molar refractivity (Wildman–Crippen MR) is 103 cm³/mol. The van der Waals surface area contributed by atoms with E-state index in [2.05, 4.69) is 23.5 Å². The Hall–Kier alpha value is -2.27. The number of ether oxygens (including phenoxy) is 1. The van der Waals surface area contributed by atoms with Crippen LogP contribution in [0, 0.1) is 0 Å². The molecule has 1 aliphatic rings. The number of esters is 1. The molecule has 0 heterocycles. The molecule has 4 nitrogen and oxygen atoms in total. The lowest BCUT2D eigenvalue weighted by atomic mass is 10.1. The third-order valence-corrected chi connectivity index (χ3v) is 5.38. The van der Waals surface area contributed by atoms with E-state index in [1.54, 1.807) is 6.92 Å². The van der Waals surface area contributed by atoms with Gasteiger partial charge >= 0.3 is 5.97 Å². The van der Waals surface area contributed by atoms with Crippen LogP contribution in [0.15, 0.2) is 53.4 Å². The zero-order valence-corrected chi connectivity index (χ0v) is 15.7. The molecule has 0 aliphatic heterocycles. The topological polar surface area (TPSA) is 55.4 Å². The van der Waals surface area contributed by atoms with E-state index < -0.39 is 6.10 Å². The molecule has 2 aromatic carbocycles. The molecule has 0 saturated carbocycles. The molecule has 0 aromatic heterocycles. The summed E-state index contributed by atoms with van der Waals surface area (Å²) >= 11 is 1.45. The Labute approximate surface area is 158 Å². The molecule has 5 heteroatoms. The first-order valence-corrected chi connectivity index (χ1v) is 9.86. The quantitative estimate of drug-likeness (QED) is 0.599. The van der Waals surface area contributed by atoms with E-state index in [1.165, 1.54) is 29.3 Å². The minimum Gasteiger partial charge on any atom is -0.452 e. The van der Waals surface area contributed by atoms with Crippen LogP contribution in [0.4, 0.5) is 0 Å². The SMILES string of the molecule is C[C@@H](OC(=O)CSc1ccc2c(c1)CCC2)C(=O)NCc1ccccc1. The third kappa shape index (κ3) is 5.11. The van der Waals surface area contributed by atoms with Crippen molar-refractivity contribution in [1.82, 2.24) is 5.32 Å². The van der Waals surface area contributed by atoms with Gasteiger partial charge in [0.15, 0.2) is 6.10 Å². The molecule has 2 aromatic rings. The number of hydrogen-bond donors (Lipinski definition) is 1. The summed E-state index contributed by atoms with van der Waals surface area (Å²) in [6.07, 6.45) is 2.68. The number of carbonyl (C=O) groups excluding carboxylic acids is 2. The van der Waals surface area contributed by atoms with Crippen LogP contribution in [0.2, 0.25) is 0 Å². The van der Waals surface area contributed by atoms with Gasteiger partial charge in [0.2, 0.25) is 0 Å². The number of rotatable bonds is 7. The molecule has 0 radical (unpaired) electrons. The third-order valence-electron chi connectivity index (χ3n) is 4.41.